The number of amides is 1. The number of hydrogen-bond donors (Lipinski definition) is 1. The summed E-state index contributed by atoms with van der Waals surface area (Å²) in [5, 5.41) is 3.15. The van der Waals surface area contributed by atoms with Gasteiger partial charge in [-0.05, 0) is 61.9 Å². The van der Waals surface area contributed by atoms with Crippen molar-refractivity contribution >= 4 is 22.5 Å². The largest absolute Gasteiger partial charge is 0.322 e. The summed E-state index contributed by atoms with van der Waals surface area (Å²) < 4.78 is 28.3. The number of nitrogens with one attached hydrogen (secondary N) is 1. The van der Waals surface area contributed by atoms with E-state index in [4.69, 9.17) is 0 Å². The molecule has 1 amide bonds. The van der Waals surface area contributed by atoms with Gasteiger partial charge in [-0.25, -0.2) is 13.8 Å². The zero-order chi connectivity index (χ0) is 21.4. The molecule has 150 valence electrons. The fraction of sp³-hybridized carbons (Fsp3) is 0.0870. The first kappa shape index (κ1) is 19.4. The van der Waals surface area contributed by atoms with Crippen LogP contribution in [-0.4, -0.2) is 15.5 Å². The molecular weight excluding hydrogens is 388 g/mol. The van der Waals surface area contributed by atoms with Crippen LogP contribution in [0.3, 0.4) is 0 Å². The van der Waals surface area contributed by atoms with E-state index in [2.05, 4.69) is 10.3 Å². The zero-order valence-electron chi connectivity index (χ0n) is 16.2. The average molecular weight is 405 g/mol. The molecule has 4 aromatic rings. The number of benzene rings is 3. The maximum absolute atomic E-state index is 13.4. The normalized spacial score (nSPS) is 10.9. The highest BCUT2D eigenvalue weighted by atomic mass is 19.1. The van der Waals surface area contributed by atoms with E-state index < -0.39 is 17.5 Å². The van der Waals surface area contributed by atoms with Gasteiger partial charge in [-0.2, -0.15) is 0 Å². The van der Waals surface area contributed by atoms with Crippen molar-refractivity contribution in [2.45, 2.75) is 13.8 Å². The predicted octanol–water partition coefficient (Wildman–Crippen LogP) is 4.53. The molecule has 1 N–H and O–H groups in total. The van der Waals surface area contributed by atoms with Gasteiger partial charge in [-0.15, -0.1) is 0 Å². The quantitative estimate of drug-likeness (QED) is 0.545. The molecule has 0 aliphatic carbocycles. The molecule has 1 aromatic heterocycles. The van der Waals surface area contributed by atoms with Crippen molar-refractivity contribution in [2.75, 3.05) is 5.32 Å². The average Bonchev–Trinajstić information content (AvgIpc) is 2.69. The third-order valence-electron chi connectivity index (χ3n) is 4.78. The summed E-state index contributed by atoms with van der Waals surface area (Å²) in [7, 11) is 0. The number of carbonyl (C=O) groups is 1. The van der Waals surface area contributed by atoms with E-state index >= 15 is 0 Å². The molecule has 0 spiro atoms. The second kappa shape index (κ2) is 7.51. The molecule has 0 atom stereocenters. The van der Waals surface area contributed by atoms with Crippen molar-refractivity contribution in [3.8, 4) is 5.69 Å². The predicted molar refractivity (Wildman–Crippen MR) is 111 cm³/mol. The van der Waals surface area contributed by atoms with Crippen LogP contribution in [0.1, 0.15) is 21.7 Å². The highest BCUT2D eigenvalue weighted by Gasteiger charge is 2.13. The third-order valence-corrected chi connectivity index (χ3v) is 4.78. The summed E-state index contributed by atoms with van der Waals surface area (Å²) in [5.74, 6) is -1.76. The molecule has 0 aliphatic heterocycles. The molecule has 1 heterocycles. The van der Waals surface area contributed by atoms with E-state index in [-0.39, 0.29) is 11.1 Å². The van der Waals surface area contributed by atoms with Gasteiger partial charge < -0.3 is 5.32 Å². The van der Waals surface area contributed by atoms with Gasteiger partial charge in [0.25, 0.3) is 11.5 Å². The number of fused-ring (bicyclic) bond motifs is 1. The first-order chi connectivity index (χ1) is 14.3. The Balaban J connectivity index is 1.70. The summed E-state index contributed by atoms with van der Waals surface area (Å²) in [5.41, 5.74) is 2.05. The number of nitrogens with zero attached hydrogens (tertiary/aromatic N) is 2. The van der Waals surface area contributed by atoms with E-state index in [0.717, 1.165) is 12.1 Å². The Morgan fingerprint density at radius 2 is 1.67 bits per heavy atom. The lowest BCUT2D eigenvalue weighted by Crippen LogP contribution is -2.22. The molecule has 3 aromatic carbocycles. The van der Waals surface area contributed by atoms with E-state index in [1.807, 2.05) is 6.07 Å². The van der Waals surface area contributed by atoms with Crippen molar-refractivity contribution in [3.05, 3.63) is 99.6 Å². The van der Waals surface area contributed by atoms with Crippen LogP contribution in [0.4, 0.5) is 14.5 Å². The van der Waals surface area contributed by atoms with Gasteiger partial charge in [0, 0.05) is 17.3 Å². The molecule has 5 nitrogen and oxygen atoms in total. The lowest BCUT2D eigenvalue weighted by atomic mass is 10.1. The van der Waals surface area contributed by atoms with Gasteiger partial charge in [0.05, 0.1) is 16.6 Å². The summed E-state index contributed by atoms with van der Waals surface area (Å²) in [6.07, 6.45) is 0. The first-order valence-electron chi connectivity index (χ1n) is 9.20. The van der Waals surface area contributed by atoms with Crippen LogP contribution >= 0.6 is 0 Å². The van der Waals surface area contributed by atoms with Crippen molar-refractivity contribution < 1.29 is 13.6 Å². The maximum atomic E-state index is 13.4. The Labute approximate surface area is 170 Å². The Bertz CT molecular complexity index is 1340. The van der Waals surface area contributed by atoms with Crippen LogP contribution < -0.4 is 10.9 Å². The summed E-state index contributed by atoms with van der Waals surface area (Å²) >= 11 is 0. The topological polar surface area (TPSA) is 64.0 Å². The smallest absolute Gasteiger partial charge is 0.265 e. The molecule has 4 rings (SSSR count). The van der Waals surface area contributed by atoms with Crippen LogP contribution in [0.25, 0.3) is 16.6 Å². The van der Waals surface area contributed by atoms with Gasteiger partial charge >= 0.3 is 0 Å². The third kappa shape index (κ3) is 3.57. The van der Waals surface area contributed by atoms with Crippen LogP contribution in [0.15, 0.2) is 65.5 Å². The van der Waals surface area contributed by atoms with Crippen LogP contribution in [0.5, 0.6) is 0 Å². The Kier molecular flexibility index (Phi) is 4.87. The fourth-order valence-corrected chi connectivity index (χ4v) is 3.35. The van der Waals surface area contributed by atoms with Crippen molar-refractivity contribution in [1.29, 1.82) is 0 Å². The molecule has 30 heavy (non-hydrogen) atoms. The molecule has 7 heteroatoms. The Morgan fingerprint density at radius 1 is 0.967 bits per heavy atom. The van der Waals surface area contributed by atoms with Gasteiger partial charge in [0.15, 0.2) is 0 Å². The molecule has 0 radical (unpaired) electrons. The summed E-state index contributed by atoms with van der Waals surface area (Å²) in [6, 6.07) is 14.8. The standard InChI is InChI=1S/C23H17F2N3O2/c1-13-9-18(28-14(2)26-21-6-4-3-5-19(21)23(28)30)7-8-20(13)27-22(29)15-10-16(24)12-17(25)11-15/h3-12H,1-2H3,(H,27,29). The van der Waals surface area contributed by atoms with Crippen LogP contribution in [-0.2, 0) is 0 Å². The van der Waals surface area contributed by atoms with Gasteiger partial charge in [0.1, 0.15) is 17.5 Å². The second-order valence-corrected chi connectivity index (χ2v) is 6.93. The van der Waals surface area contributed by atoms with Gasteiger partial charge in [-0.3, -0.25) is 14.2 Å². The number of hydrogen-bond acceptors (Lipinski definition) is 3. The molecular formula is C23H17F2N3O2. The van der Waals surface area contributed by atoms with Crippen LogP contribution in [0, 0.1) is 25.5 Å². The molecule has 0 saturated carbocycles. The molecule has 0 unspecified atom stereocenters. The fourth-order valence-electron chi connectivity index (χ4n) is 3.35. The van der Waals surface area contributed by atoms with E-state index in [0.29, 0.717) is 39.7 Å². The highest BCUT2D eigenvalue weighted by molar-refractivity contribution is 6.04. The number of aromatic nitrogens is 2. The van der Waals surface area contributed by atoms with Gasteiger partial charge in [0.2, 0.25) is 0 Å². The minimum atomic E-state index is -0.828. The Morgan fingerprint density at radius 3 is 2.37 bits per heavy atom. The maximum Gasteiger partial charge on any atom is 0.265 e. The number of rotatable bonds is 3. The minimum absolute atomic E-state index is 0.123. The summed E-state index contributed by atoms with van der Waals surface area (Å²) in [6.45, 7) is 3.51. The lowest BCUT2D eigenvalue weighted by molar-refractivity contribution is 0.102. The van der Waals surface area contributed by atoms with Crippen molar-refractivity contribution in [1.82, 2.24) is 9.55 Å². The number of carbonyl (C=O) groups excluding carboxylic acids is 1. The Hall–Kier alpha value is -3.87. The van der Waals surface area contributed by atoms with E-state index in [9.17, 15) is 18.4 Å². The highest BCUT2D eigenvalue weighted by Crippen LogP contribution is 2.21. The molecule has 0 saturated heterocycles. The monoisotopic (exact) mass is 405 g/mol. The number of para-hydroxylation sites is 1. The van der Waals surface area contributed by atoms with E-state index in [1.165, 1.54) is 4.57 Å². The van der Waals surface area contributed by atoms with Crippen molar-refractivity contribution in [2.24, 2.45) is 0 Å². The number of aryl methyl sites for hydroxylation is 2. The van der Waals surface area contributed by atoms with Crippen LogP contribution in [0.2, 0.25) is 0 Å². The van der Waals surface area contributed by atoms with Gasteiger partial charge in [-0.1, -0.05) is 12.1 Å². The number of anilines is 1. The first-order valence-corrected chi connectivity index (χ1v) is 9.20. The van der Waals surface area contributed by atoms with E-state index in [1.54, 1.807) is 50.2 Å². The number of halogens is 2. The second-order valence-electron chi connectivity index (χ2n) is 6.93. The zero-order valence-corrected chi connectivity index (χ0v) is 16.2. The van der Waals surface area contributed by atoms with Crippen molar-refractivity contribution in [3.63, 3.8) is 0 Å². The molecule has 0 aliphatic rings. The SMILES string of the molecule is Cc1cc(-n2c(C)nc3ccccc3c2=O)ccc1NC(=O)c1cc(F)cc(F)c1. The lowest BCUT2D eigenvalue weighted by Gasteiger charge is -2.14. The minimum Gasteiger partial charge on any atom is -0.322 e. The molecule has 0 bridgehead atoms. The summed E-state index contributed by atoms with van der Waals surface area (Å²) in [4.78, 5) is 29.8. The molecule has 0 fully saturated rings.